The maximum absolute atomic E-state index is 10.6. The number of carbonyl (C=O) groups is 1. The first-order chi connectivity index (χ1) is 12.9. The summed E-state index contributed by atoms with van der Waals surface area (Å²) >= 11 is 0. The van der Waals surface area contributed by atoms with E-state index in [4.69, 9.17) is 0 Å². The summed E-state index contributed by atoms with van der Waals surface area (Å²) in [5.41, 5.74) is 6.55. The molecule has 0 aliphatic rings. The summed E-state index contributed by atoms with van der Waals surface area (Å²) in [6, 6.07) is 15.1. The van der Waals surface area contributed by atoms with Gasteiger partial charge in [0.1, 0.15) is 5.78 Å². The fourth-order valence-corrected chi connectivity index (χ4v) is 3.00. The molecule has 1 heteroatoms. The van der Waals surface area contributed by atoms with Crippen LogP contribution in [0, 0.1) is 19.8 Å². The molecule has 0 N–H and O–H groups in total. The molecule has 0 bridgehead atoms. The molecular weight excluding hydrogens is 340 g/mol. The summed E-state index contributed by atoms with van der Waals surface area (Å²) in [7, 11) is 0. The Bertz CT molecular complexity index is 712. The number of ketones is 1. The van der Waals surface area contributed by atoms with E-state index in [2.05, 4.69) is 89.2 Å². The molecule has 0 aromatic heterocycles. The van der Waals surface area contributed by atoms with Crippen LogP contribution in [0.5, 0.6) is 0 Å². The molecule has 0 unspecified atom stereocenters. The Labute approximate surface area is 176 Å². The van der Waals surface area contributed by atoms with Gasteiger partial charge < -0.3 is 0 Å². The Balaban J connectivity index is -0.000000486. The van der Waals surface area contributed by atoms with Gasteiger partial charge in [0, 0.05) is 7.34 Å². The van der Waals surface area contributed by atoms with Gasteiger partial charge in [0.2, 0.25) is 0 Å². The second kappa shape index (κ2) is 15.9. The zero-order chi connectivity index (χ0) is 20.8. The molecule has 0 fully saturated rings. The molecule has 0 radical (unpaired) electrons. The van der Waals surface area contributed by atoms with Crippen LogP contribution in [0.25, 0.3) is 17.2 Å². The molecule has 1 nitrogen and oxygen atoms in total. The van der Waals surface area contributed by atoms with E-state index >= 15 is 0 Å². The van der Waals surface area contributed by atoms with E-state index in [1.807, 2.05) is 13.8 Å². The molecule has 0 saturated carbocycles. The van der Waals surface area contributed by atoms with E-state index in [-0.39, 0.29) is 8.85 Å². The number of rotatable bonds is 5. The lowest BCUT2D eigenvalue weighted by Crippen LogP contribution is -2.07. The fourth-order valence-electron chi connectivity index (χ4n) is 3.00. The van der Waals surface area contributed by atoms with Gasteiger partial charge in [-0.2, -0.15) is 0 Å². The molecule has 2 aromatic carbocycles. The number of benzene rings is 2. The quantitative estimate of drug-likeness (QED) is 0.503. The van der Waals surface area contributed by atoms with Crippen LogP contribution in [-0.4, -0.2) is 5.78 Å². The number of aryl methyl sites for hydroxylation is 2. The molecule has 0 aliphatic heterocycles. The molecule has 0 amide bonds. The van der Waals surface area contributed by atoms with Crippen molar-refractivity contribution in [1.29, 1.82) is 0 Å². The Morgan fingerprint density at radius 3 is 2.04 bits per heavy atom. The van der Waals surface area contributed by atoms with Crippen LogP contribution in [0.4, 0.5) is 0 Å². The molecule has 0 atom stereocenters. The van der Waals surface area contributed by atoms with Crippen molar-refractivity contribution in [3.8, 4) is 11.1 Å². The van der Waals surface area contributed by atoms with Crippen molar-refractivity contribution in [1.82, 2.24) is 0 Å². The predicted molar refractivity (Wildman–Crippen MR) is 131 cm³/mol. The van der Waals surface area contributed by atoms with Crippen LogP contribution in [0.2, 0.25) is 0 Å². The Morgan fingerprint density at radius 2 is 1.61 bits per heavy atom. The first-order valence-corrected chi connectivity index (χ1v) is 10.2. The summed E-state index contributed by atoms with van der Waals surface area (Å²) in [5, 5.41) is 0. The lowest BCUT2D eigenvalue weighted by molar-refractivity contribution is -0.120. The summed E-state index contributed by atoms with van der Waals surface area (Å²) < 4.78 is 0. The minimum atomic E-state index is 0. The molecule has 0 saturated heterocycles. The largest absolute Gasteiger partial charge is 0.300 e. The average Bonchev–Trinajstić information content (AvgIpc) is 2.66. The van der Waals surface area contributed by atoms with E-state index in [0.29, 0.717) is 11.7 Å². The van der Waals surface area contributed by atoms with Crippen molar-refractivity contribution in [2.45, 2.75) is 75.7 Å². The van der Waals surface area contributed by atoms with Gasteiger partial charge >= 0.3 is 0 Å². The standard InChI is InChI=1S/C17H18.C7H14O.C2H6.CH4.H2/c1-4-7-16-14(3)9-6-11-17(16)15-10-5-8-13(2)12-15;1-4-7(5-2)6(3)8;1-2;;/h4-12H,1-3H3;7H,4-5H2,1-3H3;1-2H3;1H4;1H/b7-4-;;;;. The van der Waals surface area contributed by atoms with Crippen molar-refractivity contribution in [3.63, 3.8) is 0 Å². The third-order valence-corrected chi connectivity index (χ3v) is 4.55. The van der Waals surface area contributed by atoms with Gasteiger partial charge in [0.25, 0.3) is 0 Å². The number of allylic oxidation sites excluding steroid dienone is 1. The minimum Gasteiger partial charge on any atom is -0.300 e. The summed E-state index contributed by atoms with van der Waals surface area (Å²) in [4.78, 5) is 10.6. The van der Waals surface area contributed by atoms with Crippen molar-refractivity contribution in [2.24, 2.45) is 5.92 Å². The maximum atomic E-state index is 10.6. The second-order valence-electron chi connectivity index (χ2n) is 6.53. The molecule has 0 heterocycles. The predicted octanol–water partition coefficient (Wildman–Crippen LogP) is 8.92. The molecule has 158 valence electrons. The van der Waals surface area contributed by atoms with Crippen molar-refractivity contribution in [3.05, 3.63) is 65.2 Å². The van der Waals surface area contributed by atoms with Gasteiger partial charge in [0.05, 0.1) is 0 Å². The van der Waals surface area contributed by atoms with Crippen molar-refractivity contribution < 1.29 is 6.22 Å². The van der Waals surface area contributed by atoms with Gasteiger partial charge in [-0.05, 0) is 62.8 Å². The monoisotopic (exact) mass is 384 g/mol. The molecule has 0 spiro atoms. The van der Waals surface area contributed by atoms with E-state index in [1.54, 1.807) is 6.92 Å². The lowest BCUT2D eigenvalue weighted by Gasteiger charge is -2.10. The number of carbonyl (C=O) groups excluding carboxylic acids is 1. The van der Waals surface area contributed by atoms with E-state index in [0.717, 1.165) is 12.8 Å². The van der Waals surface area contributed by atoms with Gasteiger partial charge in [-0.3, -0.25) is 4.79 Å². The normalized spacial score (nSPS) is 9.75. The third kappa shape index (κ3) is 9.17. The van der Waals surface area contributed by atoms with E-state index in [1.165, 1.54) is 27.8 Å². The van der Waals surface area contributed by atoms with Crippen LogP contribution in [0.3, 0.4) is 0 Å². The van der Waals surface area contributed by atoms with Gasteiger partial charge in [0.15, 0.2) is 0 Å². The molecule has 0 aliphatic carbocycles. The van der Waals surface area contributed by atoms with Crippen LogP contribution in [-0.2, 0) is 4.79 Å². The maximum Gasteiger partial charge on any atom is 0.132 e. The molecule has 2 rings (SSSR count). The van der Waals surface area contributed by atoms with Crippen LogP contribution in [0.15, 0.2) is 48.5 Å². The Hall–Kier alpha value is -2.15. The number of hydrogen-bond acceptors (Lipinski definition) is 1. The molecule has 28 heavy (non-hydrogen) atoms. The van der Waals surface area contributed by atoms with Crippen molar-refractivity contribution in [2.75, 3.05) is 0 Å². The highest BCUT2D eigenvalue weighted by Crippen LogP contribution is 2.27. The average molecular weight is 385 g/mol. The molecular formula is C27H44O. The van der Waals surface area contributed by atoms with E-state index in [9.17, 15) is 4.79 Å². The fraction of sp³-hybridized carbons (Fsp3) is 0.444. The second-order valence-corrected chi connectivity index (χ2v) is 6.53. The van der Waals surface area contributed by atoms with Crippen LogP contribution < -0.4 is 0 Å². The van der Waals surface area contributed by atoms with Crippen LogP contribution in [0.1, 0.15) is 79.9 Å². The summed E-state index contributed by atoms with van der Waals surface area (Å²) in [6.45, 7) is 16.1. The Kier molecular flexibility index (Phi) is 15.9. The van der Waals surface area contributed by atoms with E-state index < -0.39 is 0 Å². The van der Waals surface area contributed by atoms with Crippen LogP contribution >= 0.6 is 0 Å². The topological polar surface area (TPSA) is 17.1 Å². The zero-order valence-corrected chi connectivity index (χ0v) is 18.6. The zero-order valence-electron chi connectivity index (χ0n) is 18.6. The highest BCUT2D eigenvalue weighted by molar-refractivity contribution is 5.78. The van der Waals surface area contributed by atoms with Gasteiger partial charge in [-0.25, -0.2) is 0 Å². The molecule has 2 aromatic rings. The SMILES string of the molecule is C.C/C=C\c1c(C)cccc1-c1cccc(C)c1.CC.CCC(CC)C(C)=O.[HH]. The van der Waals surface area contributed by atoms with Gasteiger partial charge in [-0.15, -0.1) is 0 Å². The summed E-state index contributed by atoms with van der Waals surface area (Å²) in [5.74, 6) is 0.644. The Morgan fingerprint density at radius 1 is 1.04 bits per heavy atom. The number of hydrogen-bond donors (Lipinski definition) is 0. The first-order valence-electron chi connectivity index (χ1n) is 10.2. The first kappa shape index (κ1) is 28.1. The third-order valence-electron chi connectivity index (χ3n) is 4.55. The number of Topliss-reactive ketones (excluding diaryl/α,β-unsaturated/α-hetero) is 1. The van der Waals surface area contributed by atoms with Crippen molar-refractivity contribution >= 4 is 11.9 Å². The highest BCUT2D eigenvalue weighted by atomic mass is 16.1. The smallest absolute Gasteiger partial charge is 0.132 e. The highest BCUT2D eigenvalue weighted by Gasteiger charge is 2.06. The lowest BCUT2D eigenvalue weighted by atomic mass is 9.95. The summed E-state index contributed by atoms with van der Waals surface area (Å²) in [6.07, 6.45) is 6.27. The van der Waals surface area contributed by atoms with Gasteiger partial charge in [-0.1, -0.05) is 95.3 Å². The minimum absolute atomic E-state index is 0.